The molecule has 7 atom stereocenters. The van der Waals surface area contributed by atoms with Gasteiger partial charge in [0.1, 0.15) is 11.6 Å². The summed E-state index contributed by atoms with van der Waals surface area (Å²) in [5.41, 5.74) is 1.77. The van der Waals surface area contributed by atoms with Crippen LogP contribution in [0.25, 0.3) is 0 Å². The van der Waals surface area contributed by atoms with Crippen molar-refractivity contribution in [3.05, 3.63) is 77.9 Å². The van der Waals surface area contributed by atoms with Crippen LogP contribution >= 0.6 is 15.9 Å². The first-order chi connectivity index (χ1) is 18.2. The maximum Gasteiger partial charge on any atom is 0.310 e. The smallest absolute Gasteiger partial charge is 0.310 e. The lowest BCUT2D eigenvalue weighted by Crippen LogP contribution is -2.57. The number of rotatable bonds is 8. The first-order valence-electron chi connectivity index (χ1n) is 12.7. The van der Waals surface area contributed by atoms with Crippen molar-refractivity contribution in [3.63, 3.8) is 0 Å². The van der Waals surface area contributed by atoms with Gasteiger partial charge in [-0.2, -0.15) is 0 Å². The topological polar surface area (TPSA) is 107 Å². The highest BCUT2D eigenvalue weighted by molar-refractivity contribution is 9.09. The van der Waals surface area contributed by atoms with E-state index in [2.05, 4.69) is 22.5 Å². The van der Waals surface area contributed by atoms with E-state index in [1.165, 1.54) is 4.90 Å². The predicted molar refractivity (Wildman–Crippen MR) is 145 cm³/mol. The summed E-state index contributed by atoms with van der Waals surface area (Å²) in [6, 6.07) is 12.7. The van der Waals surface area contributed by atoms with Crippen molar-refractivity contribution in [2.45, 2.75) is 48.9 Å². The van der Waals surface area contributed by atoms with Gasteiger partial charge in [0.15, 0.2) is 0 Å². The second-order valence-corrected chi connectivity index (χ2v) is 11.5. The minimum atomic E-state index is -1.35. The average Bonchev–Trinajstić information content (AvgIpc) is 3.48. The number of aliphatic hydroxyl groups excluding tert-OH is 1. The molecule has 0 aliphatic carbocycles. The monoisotopic (exact) mass is 582 g/mol. The van der Waals surface area contributed by atoms with Crippen LogP contribution < -0.4 is 4.90 Å². The molecule has 1 spiro atoms. The van der Waals surface area contributed by atoms with Gasteiger partial charge in [0, 0.05) is 17.1 Å². The lowest BCUT2D eigenvalue weighted by Gasteiger charge is -2.40. The molecule has 3 saturated heterocycles. The van der Waals surface area contributed by atoms with Crippen molar-refractivity contribution in [1.82, 2.24) is 4.90 Å². The van der Waals surface area contributed by atoms with E-state index in [4.69, 9.17) is 4.74 Å². The zero-order chi connectivity index (χ0) is 27.4. The number of hydrogen-bond donors (Lipinski definition) is 2. The molecule has 2 N–H and O–H groups in total. The van der Waals surface area contributed by atoms with Crippen LogP contribution in [0.15, 0.2) is 61.2 Å². The lowest BCUT2D eigenvalue weighted by molar-refractivity contribution is -0.151. The van der Waals surface area contributed by atoms with Crippen molar-refractivity contribution in [1.29, 1.82) is 0 Å². The van der Waals surface area contributed by atoms with Gasteiger partial charge < -0.3 is 24.7 Å². The number of aryl methyl sites for hydroxylation is 2. The van der Waals surface area contributed by atoms with Gasteiger partial charge >= 0.3 is 5.97 Å². The summed E-state index contributed by atoms with van der Waals surface area (Å²) >= 11 is 3.58. The molecule has 9 heteroatoms. The normalized spacial score (nSPS) is 30.3. The molecule has 0 aromatic heterocycles. The molecule has 2 bridgehead atoms. The Balaban J connectivity index is 1.70. The molecule has 200 valence electrons. The second kappa shape index (κ2) is 9.94. The van der Waals surface area contributed by atoms with E-state index in [9.17, 15) is 24.6 Å². The summed E-state index contributed by atoms with van der Waals surface area (Å²) in [7, 11) is 0. The van der Waals surface area contributed by atoms with Gasteiger partial charge in [-0.15, -0.1) is 6.58 Å². The number of hydrogen-bond acceptors (Lipinski definition) is 5. The van der Waals surface area contributed by atoms with E-state index in [-0.39, 0.29) is 17.3 Å². The van der Waals surface area contributed by atoms with E-state index in [1.807, 2.05) is 38.1 Å². The van der Waals surface area contributed by atoms with E-state index < -0.39 is 54.1 Å². The second-order valence-electron chi connectivity index (χ2n) is 10.3. The number of amides is 2. The number of ether oxygens (including phenoxy) is 1. The van der Waals surface area contributed by atoms with Gasteiger partial charge in [0.25, 0.3) is 5.91 Å². The van der Waals surface area contributed by atoms with Gasteiger partial charge in [0.2, 0.25) is 5.91 Å². The minimum absolute atomic E-state index is 0.183. The first-order valence-corrected chi connectivity index (χ1v) is 13.6. The number of carboxylic acids is 1. The standard InChI is InChI=1S/C29H31BrN2O6/c1-4-13-31(23-16(2)9-8-10-17(23)3)27(35)25-29-14-19(30)24(38-29)21(28(36)37)22(29)26(34)32(25)20(15-33)18-11-6-5-7-12-18/h4-12,19-22,24-25,33H,1,13-15H2,2-3H3,(H,36,37)/t19?,20-,21-,22+,24-,25-,29+/m1/s1. The van der Waals surface area contributed by atoms with Gasteiger partial charge in [0.05, 0.1) is 30.6 Å². The van der Waals surface area contributed by atoms with Crippen LogP contribution in [0, 0.1) is 25.7 Å². The molecule has 8 nitrogen and oxygen atoms in total. The molecule has 3 fully saturated rings. The third kappa shape index (κ3) is 3.82. The van der Waals surface area contributed by atoms with Gasteiger partial charge in [-0.25, -0.2) is 0 Å². The van der Waals surface area contributed by atoms with Crippen LogP contribution in [0.5, 0.6) is 0 Å². The van der Waals surface area contributed by atoms with Crippen molar-refractivity contribution >= 4 is 39.4 Å². The Kier molecular flexibility index (Phi) is 6.96. The summed E-state index contributed by atoms with van der Waals surface area (Å²) in [4.78, 5) is 44.0. The number of carbonyl (C=O) groups is 3. The molecule has 1 unspecified atom stereocenters. The van der Waals surface area contributed by atoms with Crippen molar-refractivity contribution in [2.75, 3.05) is 18.1 Å². The minimum Gasteiger partial charge on any atom is -0.481 e. The number of halogens is 1. The number of aliphatic carboxylic acids is 1. The summed E-state index contributed by atoms with van der Waals surface area (Å²) in [6.45, 7) is 7.43. The Morgan fingerprint density at radius 1 is 1.21 bits per heavy atom. The van der Waals surface area contributed by atoms with Crippen LogP contribution in [0.1, 0.15) is 29.2 Å². The fourth-order valence-corrected chi connectivity index (χ4v) is 7.74. The summed E-state index contributed by atoms with van der Waals surface area (Å²) in [6.07, 6.45) is 1.18. The quantitative estimate of drug-likeness (QED) is 0.365. The van der Waals surface area contributed by atoms with Crippen molar-refractivity contribution in [2.24, 2.45) is 11.8 Å². The van der Waals surface area contributed by atoms with E-state index >= 15 is 0 Å². The summed E-state index contributed by atoms with van der Waals surface area (Å²) in [5, 5.41) is 20.7. The largest absolute Gasteiger partial charge is 0.481 e. The number of nitrogens with zero attached hydrogens (tertiary/aromatic N) is 2. The molecule has 2 amide bonds. The number of fused-ring (bicyclic) bond motifs is 1. The fraction of sp³-hybridized carbons (Fsp3) is 0.414. The van der Waals surface area contributed by atoms with Crippen molar-refractivity contribution < 1.29 is 29.3 Å². The van der Waals surface area contributed by atoms with Crippen LogP contribution in [-0.4, -0.2) is 68.6 Å². The van der Waals surface area contributed by atoms with Crippen LogP contribution in [-0.2, 0) is 19.1 Å². The Labute approximate surface area is 230 Å². The Hall–Kier alpha value is -3.01. The first kappa shape index (κ1) is 26.6. The van der Waals surface area contributed by atoms with Crippen LogP contribution in [0.4, 0.5) is 5.69 Å². The maximum atomic E-state index is 14.7. The number of carboxylic acid groups (broad SMARTS) is 1. The molecular formula is C29H31BrN2O6. The molecule has 38 heavy (non-hydrogen) atoms. The molecule has 2 aromatic rings. The molecule has 0 radical (unpaired) electrons. The van der Waals surface area contributed by atoms with Crippen LogP contribution in [0.3, 0.4) is 0 Å². The molecule has 0 saturated carbocycles. The Morgan fingerprint density at radius 2 is 1.87 bits per heavy atom. The third-order valence-electron chi connectivity index (χ3n) is 8.23. The Bertz CT molecular complexity index is 1260. The van der Waals surface area contributed by atoms with Crippen LogP contribution in [0.2, 0.25) is 0 Å². The zero-order valence-electron chi connectivity index (χ0n) is 21.3. The highest BCUT2D eigenvalue weighted by Gasteiger charge is 2.77. The Morgan fingerprint density at radius 3 is 2.45 bits per heavy atom. The molecule has 3 heterocycles. The number of alkyl halides is 1. The van der Waals surface area contributed by atoms with E-state index in [0.29, 0.717) is 17.7 Å². The lowest BCUT2D eigenvalue weighted by atomic mass is 9.70. The van der Waals surface area contributed by atoms with Gasteiger partial charge in [-0.3, -0.25) is 14.4 Å². The average molecular weight is 583 g/mol. The molecule has 5 rings (SSSR count). The number of para-hydroxylation sites is 1. The number of carbonyl (C=O) groups excluding carboxylic acids is 2. The van der Waals surface area contributed by atoms with Gasteiger partial charge in [-0.05, 0) is 37.0 Å². The number of benzene rings is 2. The summed E-state index contributed by atoms with van der Waals surface area (Å²) < 4.78 is 6.41. The fourth-order valence-electron chi connectivity index (χ4n) is 6.79. The molecule has 3 aliphatic heterocycles. The van der Waals surface area contributed by atoms with Gasteiger partial charge in [-0.1, -0.05) is 70.5 Å². The maximum absolute atomic E-state index is 14.7. The zero-order valence-corrected chi connectivity index (χ0v) is 22.9. The highest BCUT2D eigenvalue weighted by Crippen LogP contribution is 2.61. The number of aliphatic hydroxyl groups is 1. The number of anilines is 1. The van der Waals surface area contributed by atoms with Crippen molar-refractivity contribution in [3.8, 4) is 0 Å². The predicted octanol–water partition coefficient (Wildman–Crippen LogP) is 3.39. The van der Waals surface area contributed by atoms with E-state index in [1.54, 1.807) is 35.2 Å². The molecule has 2 aromatic carbocycles. The third-order valence-corrected chi connectivity index (χ3v) is 9.07. The molecular weight excluding hydrogens is 552 g/mol. The van der Waals surface area contributed by atoms with E-state index in [0.717, 1.165) is 11.1 Å². The molecule has 3 aliphatic rings. The summed E-state index contributed by atoms with van der Waals surface area (Å²) in [5.74, 6) is -4.16. The SMILES string of the molecule is C=CCN(C(=O)[C@H]1N([C@H](CO)c2ccccc2)C(=O)[C@@H]2[C@@H](C(=O)O)[C@@H]3O[C@@]21CC3Br)c1c(C)cccc1C. The highest BCUT2D eigenvalue weighted by atomic mass is 79.9. The number of likely N-dealkylation sites (tertiary alicyclic amines) is 1.